The Morgan fingerprint density at radius 1 is 0.812 bits per heavy atom. The van der Waals surface area contributed by atoms with Crippen LogP contribution in [0.2, 0.25) is 0 Å². The lowest BCUT2D eigenvalue weighted by atomic mass is 9.97. The summed E-state index contributed by atoms with van der Waals surface area (Å²) in [5.41, 5.74) is 6.29. The molecule has 3 aromatic rings. The van der Waals surface area contributed by atoms with Crippen LogP contribution in [0, 0.1) is 33.5 Å². The summed E-state index contributed by atoms with van der Waals surface area (Å²) in [6.45, 7) is 7.72. The average molecular weight is 429 g/mol. The zero-order valence-electron chi connectivity index (χ0n) is 18.6. The van der Waals surface area contributed by atoms with Crippen LogP contribution in [0.1, 0.15) is 33.4 Å². The summed E-state index contributed by atoms with van der Waals surface area (Å²) in [6, 6.07) is 17.8. The van der Waals surface area contributed by atoms with Gasteiger partial charge in [0.1, 0.15) is 11.5 Å². The minimum Gasteiger partial charge on any atom is -0.350 e. The number of hydrogen-bond donors (Lipinski definition) is 1. The number of hydrogen-bond acceptors (Lipinski definition) is 3. The Hall–Kier alpha value is -3.73. The van der Waals surface area contributed by atoms with E-state index in [4.69, 9.17) is 0 Å². The van der Waals surface area contributed by atoms with E-state index in [1.807, 2.05) is 64.1 Å². The van der Waals surface area contributed by atoms with Gasteiger partial charge in [0.15, 0.2) is 0 Å². The van der Waals surface area contributed by atoms with E-state index < -0.39 is 17.6 Å². The third-order valence-electron chi connectivity index (χ3n) is 5.75. The lowest BCUT2D eigenvalue weighted by Gasteiger charge is -2.16. The summed E-state index contributed by atoms with van der Waals surface area (Å²) in [5.74, 6) is -1.34. The van der Waals surface area contributed by atoms with Gasteiger partial charge in [-0.25, -0.2) is 4.39 Å². The van der Waals surface area contributed by atoms with Crippen LogP contribution >= 0.6 is 0 Å². The predicted molar refractivity (Wildman–Crippen MR) is 124 cm³/mol. The Balaban J connectivity index is 1.81. The molecule has 1 aliphatic rings. The number of anilines is 1. The van der Waals surface area contributed by atoms with Gasteiger partial charge in [0.25, 0.3) is 11.8 Å². The van der Waals surface area contributed by atoms with Gasteiger partial charge in [-0.2, -0.15) is 0 Å². The highest BCUT2D eigenvalue weighted by molar-refractivity contribution is 6.36. The van der Waals surface area contributed by atoms with E-state index in [1.165, 1.54) is 6.07 Å². The van der Waals surface area contributed by atoms with Crippen LogP contribution in [-0.2, 0) is 16.1 Å². The second-order valence-corrected chi connectivity index (χ2v) is 8.30. The van der Waals surface area contributed by atoms with E-state index in [0.717, 1.165) is 32.8 Å². The van der Waals surface area contributed by atoms with Crippen molar-refractivity contribution >= 4 is 23.1 Å². The summed E-state index contributed by atoms with van der Waals surface area (Å²) in [6.07, 6.45) is 0. The number of benzene rings is 3. The minimum atomic E-state index is -0.465. The van der Waals surface area contributed by atoms with Gasteiger partial charge in [-0.1, -0.05) is 59.7 Å². The first-order valence-corrected chi connectivity index (χ1v) is 10.5. The molecule has 1 N–H and O–H groups in total. The molecular formula is C27H25FN2O2. The van der Waals surface area contributed by atoms with Gasteiger partial charge in [-0.15, -0.1) is 0 Å². The molecule has 0 bridgehead atoms. The van der Waals surface area contributed by atoms with E-state index in [1.54, 1.807) is 18.2 Å². The standard InChI is InChI=1S/C27H25FN2O2/c1-16-9-11-21(18(3)13-16)24-25(29-23-12-10-17(2)14-19(23)4)27(32)30(26(24)31)15-20-7-5-6-8-22(20)28/h5-14,29H,15H2,1-4H3. The second kappa shape index (κ2) is 8.42. The first-order valence-electron chi connectivity index (χ1n) is 10.5. The van der Waals surface area contributed by atoms with Gasteiger partial charge in [0, 0.05) is 11.3 Å². The molecule has 5 heteroatoms. The summed E-state index contributed by atoms with van der Waals surface area (Å²) in [7, 11) is 0. The highest BCUT2D eigenvalue weighted by atomic mass is 19.1. The maximum Gasteiger partial charge on any atom is 0.278 e. The van der Waals surface area contributed by atoms with Crippen molar-refractivity contribution in [1.29, 1.82) is 0 Å². The first-order chi connectivity index (χ1) is 15.3. The highest BCUT2D eigenvalue weighted by Gasteiger charge is 2.40. The molecule has 0 saturated heterocycles. The van der Waals surface area contributed by atoms with Crippen LogP contribution in [0.25, 0.3) is 5.57 Å². The Morgan fingerprint density at radius 2 is 1.47 bits per heavy atom. The van der Waals surface area contributed by atoms with E-state index in [0.29, 0.717) is 16.7 Å². The Labute approximate surface area is 187 Å². The molecule has 0 unspecified atom stereocenters. The van der Waals surface area contributed by atoms with Gasteiger partial charge in [0.2, 0.25) is 0 Å². The summed E-state index contributed by atoms with van der Waals surface area (Å²) >= 11 is 0. The van der Waals surface area contributed by atoms with Crippen molar-refractivity contribution < 1.29 is 14.0 Å². The molecule has 0 aromatic heterocycles. The predicted octanol–water partition coefficient (Wildman–Crippen LogP) is 5.45. The molecule has 3 aromatic carbocycles. The monoisotopic (exact) mass is 428 g/mol. The number of carbonyl (C=O) groups excluding carboxylic acids is 2. The van der Waals surface area contributed by atoms with Crippen LogP contribution < -0.4 is 5.32 Å². The molecule has 0 fully saturated rings. The second-order valence-electron chi connectivity index (χ2n) is 8.30. The third kappa shape index (κ3) is 3.94. The third-order valence-corrected chi connectivity index (χ3v) is 5.75. The SMILES string of the molecule is Cc1ccc(NC2=C(c3ccc(C)cc3C)C(=O)N(Cc3ccccc3F)C2=O)c(C)c1. The fourth-order valence-corrected chi connectivity index (χ4v) is 4.07. The number of imide groups is 1. The van der Waals surface area contributed by atoms with Gasteiger partial charge < -0.3 is 5.32 Å². The van der Waals surface area contributed by atoms with Gasteiger partial charge in [-0.05, 0) is 56.5 Å². The number of nitrogens with zero attached hydrogens (tertiary/aromatic N) is 1. The molecule has 1 heterocycles. The maximum absolute atomic E-state index is 14.3. The average Bonchev–Trinajstić information content (AvgIpc) is 2.96. The van der Waals surface area contributed by atoms with Crippen molar-refractivity contribution in [3.05, 3.63) is 106 Å². The van der Waals surface area contributed by atoms with E-state index in [-0.39, 0.29) is 12.2 Å². The number of halogens is 1. The molecule has 0 radical (unpaired) electrons. The van der Waals surface area contributed by atoms with Crippen LogP contribution in [0.15, 0.2) is 66.4 Å². The molecule has 4 rings (SSSR count). The van der Waals surface area contributed by atoms with Gasteiger partial charge in [0.05, 0.1) is 12.1 Å². The summed E-state index contributed by atoms with van der Waals surface area (Å²) in [4.78, 5) is 28.0. The molecule has 0 atom stereocenters. The van der Waals surface area contributed by atoms with Crippen molar-refractivity contribution in [2.75, 3.05) is 5.32 Å². The van der Waals surface area contributed by atoms with Crippen molar-refractivity contribution in [2.45, 2.75) is 34.2 Å². The lowest BCUT2D eigenvalue weighted by molar-refractivity contribution is -0.137. The Bertz CT molecular complexity index is 1280. The topological polar surface area (TPSA) is 49.4 Å². The van der Waals surface area contributed by atoms with Crippen LogP contribution in [-0.4, -0.2) is 16.7 Å². The molecule has 162 valence electrons. The van der Waals surface area contributed by atoms with Crippen LogP contribution in [0.5, 0.6) is 0 Å². The van der Waals surface area contributed by atoms with E-state index in [9.17, 15) is 14.0 Å². The molecule has 1 aliphatic heterocycles. The molecule has 32 heavy (non-hydrogen) atoms. The zero-order valence-corrected chi connectivity index (χ0v) is 18.6. The fraction of sp³-hybridized carbons (Fsp3) is 0.185. The normalized spacial score (nSPS) is 13.8. The van der Waals surface area contributed by atoms with Crippen molar-refractivity contribution in [3.63, 3.8) is 0 Å². The highest BCUT2D eigenvalue weighted by Crippen LogP contribution is 2.34. The number of carbonyl (C=O) groups is 2. The Morgan fingerprint density at radius 3 is 2.12 bits per heavy atom. The molecule has 0 spiro atoms. The molecule has 2 amide bonds. The summed E-state index contributed by atoms with van der Waals surface area (Å²) < 4.78 is 14.3. The van der Waals surface area contributed by atoms with Crippen LogP contribution in [0.3, 0.4) is 0 Å². The van der Waals surface area contributed by atoms with Gasteiger partial charge >= 0.3 is 0 Å². The summed E-state index contributed by atoms with van der Waals surface area (Å²) in [5, 5.41) is 3.21. The largest absolute Gasteiger partial charge is 0.350 e. The fourth-order valence-electron chi connectivity index (χ4n) is 4.07. The van der Waals surface area contributed by atoms with Crippen molar-refractivity contribution in [1.82, 2.24) is 4.90 Å². The molecular weight excluding hydrogens is 403 g/mol. The lowest BCUT2D eigenvalue weighted by Crippen LogP contribution is -2.32. The molecule has 0 saturated carbocycles. The van der Waals surface area contributed by atoms with E-state index >= 15 is 0 Å². The maximum atomic E-state index is 14.3. The van der Waals surface area contributed by atoms with Gasteiger partial charge in [-0.3, -0.25) is 14.5 Å². The first kappa shape index (κ1) is 21.5. The van der Waals surface area contributed by atoms with E-state index in [2.05, 4.69) is 5.32 Å². The van der Waals surface area contributed by atoms with Crippen molar-refractivity contribution in [2.24, 2.45) is 0 Å². The molecule has 4 nitrogen and oxygen atoms in total. The minimum absolute atomic E-state index is 0.128. The number of rotatable bonds is 5. The quantitative estimate of drug-likeness (QED) is 0.550. The number of nitrogens with one attached hydrogen (secondary N) is 1. The number of amides is 2. The van der Waals surface area contributed by atoms with Crippen molar-refractivity contribution in [3.8, 4) is 0 Å². The smallest absolute Gasteiger partial charge is 0.278 e. The zero-order chi connectivity index (χ0) is 23.0. The molecule has 0 aliphatic carbocycles. The number of aryl methyl sites for hydroxylation is 4. The Kier molecular flexibility index (Phi) is 5.66. The van der Waals surface area contributed by atoms with Crippen LogP contribution in [0.4, 0.5) is 10.1 Å².